The molecule has 98 valence electrons. The largest absolute Gasteiger partial charge is 0.325 e. The summed E-state index contributed by atoms with van der Waals surface area (Å²) in [7, 11) is 0. The summed E-state index contributed by atoms with van der Waals surface area (Å²) >= 11 is 0. The Morgan fingerprint density at radius 2 is 1.65 bits per heavy atom. The highest BCUT2D eigenvalue weighted by atomic mass is 15.0. The monoisotopic (exact) mass is 260 g/mol. The molecule has 0 amide bonds. The second-order valence-corrected chi connectivity index (χ2v) is 5.20. The van der Waals surface area contributed by atoms with Crippen molar-refractivity contribution in [3.8, 4) is 0 Å². The van der Waals surface area contributed by atoms with E-state index in [9.17, 15) is 0 Å². The normalized spacial score (nSPS) is 15.1. The fourth-order valence-corrected chi connectivity index (χ4v) is 2.98. The number of benzene rings is 2. The minimum Gasteiger partial charge on any atom is -0.325 e. The molecule has 0 aliphatic carbocycles. The van der Waals surface area contributed by atoms with Crippen LogP contribution in [0.4, 0.5) is 0 Å². The van der Waals surface area contributed by atoms with E-state index >= 15 is 0 Å². The van der Waals surface area contributed by atoms with Gasteiger partial charge in [0, 0.05) is 23.9 Å². The molecule has 1 aliphatic heterocycles. The van der Waals surface area contributed by atoms with E-state index in [0.717, 1.165) is 25.0 Å². The Bertz CT molecular complexity index is 873. The Morgan fingerprint density at radius 3 is 2.50 bits per heavy atom. The van der Waals surface area contributed by atoms with Crippen LogP contribution in [0.5, 0.6) is 0 Å². The number of aromatic nitrogens is 1. The maximum absolute atomic E-state index is 4.73. The zero-order valence-corrected chi connectivity index (χ0v) is 11.3. The van der Waals surface area contributed by atoms with Crippen LogP contribution in [0.2, 0.25) is 0 Å². The number of hydrogen-bond acceptors (Lipinski definition) is 1. The first kappa shape index (κ1) is 11.5. The molecule has 3 aromatic rings. The average Bonchev–Trinajstić information content (AvgIpc) is 2.84. The summed E-state index contributed by atoms with van der Waals surface area (Å²) in [6.45, 7) is 2.00. The van der Waals surface area contributed by atoms with Gasteiger partial charge in [-0.05, 0) is 18.1 Å². The van der Waals surface area contributed by atoms with Crippen LogP contribution in [0.1, 0.15) is 12.0 Å². The zero-order chi connectivity index (χ0) is 13.4. The molecule has 0 atom stereocenters. The van der Waals surface area contributed by atoms with Crippen LogP contribution in [0, 0.1) is 0 Å². The summed E-state index contributed by atoms with van der Waals surface area (Å²) in [6.07, 6.45) is 3.40. The fraction of sp³-hybridized carbons (Fsp3) is 0.167. The van der Waals surface area contributed by atoms with Gasteiger partial charge in [0.1, 0.15) is 5.49 Å². The summed E-state index contributed by atoms with van der Waals surface area (Å²) in [6, 6.07) is 19.1. The van der Waals surface area contributed by atoms with E-state index in [2.05, 4.69) is 65.2 Å². The Balaban J connectivity index is 2.12. The first-order valence-electron chi connectivity index (χ1n) is 7.12. The smallest absolute Gasteiger partial charge is 0.136 e. The molecule has 0 unspecified atom stereocenters. The topological polar surface area (TPSA) is 17.3 Å². The molecule has 1 aromatic heterocycles. The third-order valence-corrected chi connectivity index (χ3v) is 3.89. The van der Waals surface area contributed by atoms with Crippen LogP contribution in [0.25, 0.3) is 16.8 Å². The van der Waals surface area contributed by atoms with Crippen molar-refractivity contribution in [3.63, 3.8) is 0 Å². The highest BCUT2D eigenvalue weighted by molar-refractivity contribution is 5.84. The van der Waals surface area contributed by atoms with Gasteiger partial charge >= 0.3 is 0 Å². The molecule has 2 nitrogen and oxygen atoms in total. The van der Waals surface area contributed by atoms with E-state index in [1.165, 1.54) is 21.7 Å². The van der Waals surface area contributed by atoms with Crippen LogP contribution in [0.3, 0.4) is 0 Å². The van der Waals surface area contributed by atoms with E-state index in [1.807, 2.05) is 0 Å². The number of hydrogen-bond donors (Lipinski definition) is 0. The van der Waals surface area contributed by atoms with E-state index in [1.54, 1.807) is 0 Å². The lowest BCUT2D eigenvalue weighted by Gasteiger charge is -2.08. The predicted molar refractivity (Wildman–Crippen MR) is 82.2 cm³/mol. The molecule has 0 N–H and O–H groups in total. The molecule has 0 radical (unpaired) electrons. The van der Waals surface area contributed by atoms with E-state index < -0.39 is 0 Å². The summed E-state index contributed by atoms with van der Waals surface area (Å²) in [5.41, 5.74) is 2.39. The summed E-state index contributed by atoms with van der Waals surface area (Å²) in [5, 5.41) is 3.86. The van der Waals surface area contributed by atoms with E-state index in [-0.39, 0.29) is 0 Å². The molecule has 2 aromatic carbocycles. The van der Waals surface area contributed by atoms with Crippen molar-refractivity contribution in [3.05, 3.63) is 71.0 Å². The van der Waals surface area contributed by atoms with Crippen molar-refractivity contribution < 1.29 is 0 Å². The molecule has 0 spiro atoms. The third kappa shape index (κ3) is 1.76. The fourth-order valence-electron chi connectivity index (χ4n) is 2.98. The number of fused-ring (bicyclic) bond motifs is 3. The van der Waals surface area contributed by atoms with Gasteiger partial charge < -0.3 is 4.57 Å². The second kappa shape index (κ2) is 4.64. The molecule has 0 fully saturated rings. The lowest BCUT2D eigenvalue weighted by molar-refractivity contribution is 0.573. The molecular formula is C18H16N2. The van der Waals surface area contributed by atoms with Crippen molar-refractivity contribution in [2.45, 2.75) is 13.0 Å². The van der Waals surface area contributed by atoms with Crippen molar-refractivity contribution in [1.82, 2.24) is 4.57 Å². The Labute approximate surface area is 117 Å². The van der Waals surface area contributed by atoms with Crippen molar-refractivity contribution in [1.29, 1.82) is 0 Å². The molecule has 4 rings (SSSR count). The van der Waals surface area contributed by atoms with Crippen molar-refractivity contribution >= 4 is 16.8 Å². The van der Waals surface area contributed by atoms with Gasteiger partial charge in [0.25, 0.3) is 0 Å². The van der Waals surface area contributed by atoms with E-state index in [4.69, 9.17) is 4.99 Å². The molecule has 1 aliphatic rings. The van der Waals surface area contributed by atoms with Crippen LogP contribution in [-0.2, 0) is 6.54 Å². The van der Waals surface area contributed by atoms with Crippen molar-refractivity contribution in [2.75, 3.05) is 6.54 Å². The molecule has 0 saturated heterocycles. The first-order chi connectivity index (χ1) is 9.93. The van der Waals surface area contributed by atoms with Gasteiger partial charge in [0.15, 0.2) is 0 Å². The summed E-state index contributed by atoms with van der Waals surface area (Å²) in [5.74, 6) is 0. The molecule has 0 saturated carbocycles. The average molecular weight is 260 g/mol. The predicted octanol–water partition coefficient (Wildman–Crippen LogP) is 2.49. The lowest BCUT2D eigenvalue weighted by Crippen LogP contribution is -2.30. The highest BCUT2D eigenvalue weighted by Crippen LogP contribution is 2.09. The van der Waals surface area contributed by atoms with Gasteiger partial charge in [-0.3, -0.25) is 4.99 Å². The minimum absolute atomic E-state index is 0.943. The Hall–Kier alpha value is -2.35. The molecular weight excluding hydrogens is 244 g/mol. The first-order valence-corrected chi connectivity index (χ1v) is 7.12. The van der Waals surface area contributed by atoms with Gasteiger partial charge in [-0.25, -0.2) is 0 Å². The maximum Gasteiger partial charge on any atom is 0.136 e. The van der Waals surface area contributed by atoms with Gasteiger partial charge in [-0.1, -0.05) is 54.6 Å². The molecule has 20 heavy (non-hydrogen) atoms. The summed E-state index contributed by atoms with van der Waals surface area (Å²) < 4.78 is 2.36. The molecule has 2 heterocycles. The zero-order valence-electron chi connectivity index (χ0n) is 11.3. The lowest BCUT2D eigenvalue weighted by atomic mass is 10.1. The highest BCUT2D eigenvalue weighted by Gasteiger charge is 2.10. The van der Waals surface area contributed by atoms with Crippen molar-refractivity contribution in [2.24, 2.45) is 4.99 Å². The van der Waals surface area contributed by atoms with Gasteiger partial charge in [0.05, 0.1) is 5.35 Å². The van der Waals surface area contributed by atoms with Crippen LogP contribution in [0.15, 0.2) is 59.6 Å². The summed E-state index contributed by atoms with van der Waals surface area (Å²) in [4.78, 5) is 4.73. The maximum atomic E-state index is 4.73. The minimum atomic E-state index is 0.943. The van der Waals surface area contributed by atoms with Gasteiger partial charge in [0.2, 0.25) is 0 Å². The number of rotatable bonds is 1. The SMILES string of the molecule is C(/c1ccccc1)=c1\c2ccccc2c2n1CCCN=2. The Kier molecular flexibility index (Phi) is 2.66. The second-order valence-electron chi connectivity index (χ2n) is 5.20. The third-order valence-electron chi connectivity index (χ3n) is 3.89. The van der Waals surface area contributed by atoms with Gasteiger partial charge in [-0.15, -0.1) is 0 Å². The van der Waals surface area contributed by atoms with Crippen LogP contribution < -0.4 is 10.8 Å². The molecule has 0 bridgehead atoms. The number of nitrogens with zero attached hydrogens (tertiary/aromatic N) is 2. The van der Waals surface area contributed by atoms with Crippen LogP contribution >= 0.6 is 0 Å². The quantitative estimate of drug-likeness (QED) is 0.639. The standard InChI is InChI=1S/C18H16N2/c1-2-7-14(8-3-1)13-17-15-9-4-5-10-16(15)18-19-11-6-12-20(17)18/h1-5,7-10,13H,6,11-12H2/b17-13-. The van der Waals surface area contributed by atoms with Crippen LogP contribution in [-0.4, -0.2) is 11.1 Å². The molecule has 2 heteroatoms. The van der Waals surface area contributed by atoms with Gasteiger partial charge in [-0.2, -0.15) is 0 Å². The Morgan fingerprint density at radius 1 is 0.900 bits per heavy atom. The van der Waals surface area contributed by atoms with E-state index in [0.29, 0.717) is 0 Å².